The van der Waals surface area contributed by atoms with Crippen molar-refractivity contribution in [1.29, 1.82) is 5.26 Å². The lowest BCUT2D eigenvalue weighted by Gasteiger charge is -2.33. The van der Waals surface area contributed by atoms with Crippen molar-refractivity contribution in [3.8, 4) is 6.07 Å². The van der Waals surface area contributed by atoms with Gasteiger partial charge < -0.3 is 9.80 Å². The van der Waals surface area contributed by atoms with E-state index in [0.717, 1.165) is 38.3 Å². The molecule has 21 heavy (non-hydrogen) atoms. The summed E-state index contributed by atoms with van der Waals surface area (Å²) in [5.41, 5.74) is 3.38. The van der Waals surface area contributed by atoms with Crippen LogP contribution in [-0.4, -0.2) is 26.2 Å². The van der Waals surface area contributed by atoms with Crippen LogP contribution in [0.5, 0.6) is 0 Å². The Labute approximate surface area is 126 Å². The van der Waals surface area contributed by atoms with Crippen molar-refractivity contribution in [3.05, 3.63) is 65.7 Å². The van der Waals surface area contributed by atoms with Gasteiger partial charge in [0.15, 0.2) is 0 Å². The first-order valence-corrected chi connectivity index (χ1v) is 7.48. The van der Waals surface area contributed by atoms with Gasteiger partial charge in [-0.3, -0.25) is 0 Å². The molecule has 0 saturated carbocycles. The third-order valence-electron chi connectivity index (χ3n) is 4.13. The summed E-state index contributed by atoms with van der Waals surface area (Å²) in [6, 6.07) is 20.8. The molecule has 106 valence electrons. The number of rotatable bonds is 3. The number of hydrogen-bond acceptors (Lipinski definition) is 2. The molecule has 1 heterocycles. The van der Waals surface area contributed by atoms with Crippen LogP contribution in [0.25, 0.3) is 0 Å². The number of para-hydroxylation sites is 1. The number of piperazine rings is 1. The van der Waals surface area contributed by atoms with Crippen molar-refractivity contribution in [3.63, 3.8) is 0 Å². The fourth-order valence-corrected chi connectivity index (χ4v) is 2.88. The van der Waals surface area contributed by atoms with Gasteiger partial charge in [0.1, 0.15) is 6.54 Å². The highest BCUT2D eigenvalue weighted by atomic mass is 15.3. The highest BCUT2D eigenvalue weighted by Gasteiger charge is 2.19. The molecule has 0 atom stereocenters. The predicted octanol–water partition coefficient (Wildman–Crippen LogP) is 1.46. The summed E-state index contributed by atoms with van der Waals surface area (Å²) in [5.74, 6) is 0. The fourth-order valence-electron chi connectivity index (χ4n) is 2.88. The lowest BCUT2D eigenvalue weighted by atomic mass is 10.1. The van der Waals surface area contributed by atoms with E-state index < -0.39 is 0 Å². The zero-order valence-corrected chi connectivity index (χ0v) is 12.1. The molecule has 1 fully saturated rings. The molecule has 1 aliphatic heterocycles. The molecule has 3 nitrogen and oxygen atoms in total. The van der Waals surface area contributed by atoms with E-state index in [4.69, 9.17) is 5.26 Å². The second-order valence-electron chi connectivity index (χ2n) is 5.56. The SMILES string of the molecule is N#Cc1ccc(C[NH+]2CCN(c3ccccc3)CC2)cc1. The molecule has 1 N–H and O–H groups in total. The Balaban J connectivity index is 1.55. The Hall–Kier alpha value is -2.31. The van der Waals surface area contributed by atoms with Crippen molar-refractivity contribution < 1.29 is 4.90 Å². The molecule has 0 spiro atoms. The minimum atomic E-state index is 0.739. The largest absolute Gasteiger partial charge is 0.360 e. The Bertz CT molecular complexity index is 605. The summed E-state index contributed by atoms with van der Waals surface area (Å²) in [7, 11) is 0. The first-order valence-electron chi connectivity index (χ1n) is 7.48. The van der Waals surface area contributed by atoms with Crippen LogP contribution in [0, 0.1) is 11.3 Å². The van der Waals surface area contributed by atoms with Crippen LogP contribution in [0.15, 0.2) is 54.6 Å². The smallest absolute Gasteiger partial charge is 0.103 e. The van der Waals surface area contributed by atoms with E-state index in [-0.39, 0.29) is 0 Å². The minimum Gasteiger partial charge on any atom is -0.360 e. The van der Waals surface area contributed by atoms with Crippen LogP contribution < -0.4 is 9.80 Å². The van der Waals surface area contributed by atoms with E-state index in [2.05, 4.69) is 53.4 Å². The van der Waals surface area contributed by atoms with E-state index in [9.17, 15) is 0 Å². The van der Waals surface area contributed by atoms with Crippen LogP contribution >= 0.6 is 0 Å². The number of nitriles is 1. The van der Waals surface area contributed by atoms with Crippen LogP contribution in [0.3, 0.4) is 0 Å². The van der Waals surface area contributed by atoms with Crippen molar-refractivity contribution in [2.45, 2.75) is 6.54 Å². The molecule has 0 aliphatic carbocycles. The van der Waals surface area contributed by atoms with Gasteiger partial charge in [-0.25, -0.2) is 0 Å². The van der Waals surface area contributed by atoms with Crippen molar-refractivity contribution in [2.24, 2.45) is 0 Å². The number of nitrogens with zero attached hydrogens (tertiary/aromatic N) is 2. The van der Waals surface area contributed by atoms with Crippen LogP contribution in [0.4, 0.5) is 5.69 Å². The van der Waals surface area contributed by atoms with Gasteiger partial charge in [0, 0.05) is 11.3 Å². The number of anilines is 1. The summed E-state index contributed by atoms with van der Waals surface area (Å²) in [6.07, 6.45) is 0. The molecule has 0 radical (unpaired) electrons. The molecule has 0 aromatic heterocycles. The Morgan fingerprint density at radius 3 is 2.24 bits per heavy atom. The standard InChI is InChI=1S/C18H19N3/c19-14-16-6-8-17(9-7-16)15-20-10-12-21(13-11-20)18-4-2-1-3-5-18/h1-9H,10-13,15H2/p+1. The maximum Gasteiger partial charge on any atom is 0.103 e. The van der Waals surface area contributed by atoms with Gasteiger partial charge >= 0.3 is 0 Å². The van der Waals surface area contributed by atoms with E-state index >= 15 is 0 Å². The molecule has 3 rings (SSSR count). The molecule has 2 aromatic rings. The first-order chi connectivity index (χ1) is 10.3. The third-order valence-corrected chi connectivity index (χ3v) is 4.13. The van der Waals surface area contributed by atoms with E-state index in [1.165, 1.54) is 11.3 Å². The quantitative estimate of drug-likeness (QED) is 0.922. The molecule has 1 aliphatic rings. The summed E-state index contributed by atoms with van der Waals surface area (Å²) in [4.78, 5) is 4.08. The molecule has 2 aromatic carbocycles. The average molecular weight is 278 g/mol. The Morgan fingerprint density at radius 2 is 1.62 bits per heavy atom. The maximum atomic E-state index is 8.83. The summed E-state index contributed by atoms with van der Waals surface area (Å²) < 4.78 is 0. The zero-order chi connectivity index (χ0) is 14.5. The topological polar surface area (TPSA) is 31.5 Å². The van der Waals surface area contributed by atoms with Gasteiger partial charge in [-0.2, -0.15) is 5.26 Å². The van der Waals surface area contributed by atoms with Crippen LogP contribution in [-0.2, 0) is 6.54 Å². The molecule has 0 unspecified atom stereocenters. The summed E-state index contributed by atoms with van der Waals surface area (Å²) >= 11 is 0. The van der Waals surface area contributed by atoms with Crippen LogP contribution in [0.2, 0.25) is 0 Å². The normalized spacial score (nSPS) is 15.7. The molecular weight excluding hydrogens is 258 g/mol. The number of benzene rings is 2. The van der Waals surface area contributed by atoms with Crippen molar-refractivity contribution >= 4 is 5.69 Å². The van der Waals surface area contributed by atoms with E-state index in [1.54, 1.807) is 4.90 Å². The highest BCUT2D eigenvalue weighted by Crippen LogP contribution is 2.12. The maximum absolute atomic E-state index is 8.83. The molecular formula is C18H20N3+. The monoisotopic (exact) mass is 278 g/mol. The van der Waals surface area contributed by atoms with Gasteiger partial charge in [0.25, 0.3) is 0 Å². The third kappa shape index (κ3) is 3.42. The Kier molecular flexibility index (Phi) is 4.18. The fraction of sp³-hybridized carbons (Fsp3) is 0.278. The van der Waals surface area contributed by atoms with Gasteiger partial charge in [0.2, 0.25) is 0 Å². The molecule has 1 saturated heterocycles. The van der Waals surface area contributed by atoms with Gasteiger partial charge in [-0.05, 0) is 24.3 Å². The number of nitrogens with one attached hydrogen (secondary N) is 1. The van der Waals surface area contributed by atoms with Crippen molar-refractivity contribution in [1.82, 2.24) is 0 Å². The van der Waals surface area contributed by atoms with Gasteiger partial charge in [0.05, 0.1) is 37.8 Å². The van der Waals surface area contributed by atoms with Crippen molar-refractivity contribution in [2.75, 3.05) is 31.1 Å². The second kappa shape index (κ2) is 6.43. The predicted molar refractivity (Wildman–Crippen MR) is 84.2 cm³/mol. The van der Waals surface area contributed by atoms with Crippen LogP contribution in [0.1, 0.15) is 11.1 Å². The highest BCUT2D eigenvalue weighted by molar-refractivity contribution is 5.46. The molecule has 0 amide bonds. The van der Waals surface area contributed by atoms with E-state index in [0.29, 0.717) is 0 Å². The lowest BCUT2D eigenvalue weighted by Crippen LogP contribution is -3.13. The average Bonchev–Trinajstić information content (AvgIpc) is 2.57. The first kappa shape index (κ1) is 13.7. The Morgan fingerprint density at radius 1 is 0.952 bits per heavy atom. The van der Waals surface area contributed by atoms with E-state index in [1.807, 2.05) is 12.1 Å². The lowest BCUT2D eigenvalue weighted by molar-refractivity contribution is -0.914. The number of quaternary nitrogens is 1. The minimum absolute atomic E-state index is 0.739. The van der Waals surface area contributed by atoms with Gasteiger partial charge in [-0.15, -0.1) is 0 Å². The summed E-state index contributed by atoms with van der Waals surface area (Å²) in [5, 5.41) is 8.83. The van der Waals surface area contributed by atoms with Gasteiger partial charge in [-0.1, -0.05) is 30.3 Å². The summed E-state index contributed by atoms with van der Waals surface area (Å²) in [6.45, 7) is 5.59. The zero-order valence-electron chi connectivity index (χ0n) is 12.1. The number of hydrogen-bond donors (Lipinski definition) is 1. The molecule has 3 heteroatoms. The second-order valence-corrected chi connectivity index (χ2v) is 5.56. The molecule has 0 bridgehead atoms.